The molecule has 110 valence electrons. The molecule has 1 aliphatic rings. The Labute approximate surface area is 118 Å². The number of aliphatic hydroxyl groups is 1. The summed E-state index contributed by atoms with van der Waals surface area (Å²) < 4.78 is 4.67. The van der Waals surface area contributed by atoms with E-state index >= 15 is 0 Å². The predicted octanol–water partition coefficient (Wildman–Crippen LogP) is 1.17. The third-order valence-corrected chi connectivity index (χ3v) is 3.75. The summed E-state index contributed by atoms with van der Waals surface area (Å²) in [5, 5.41) is 9.62. The van der Waals surface area contributed by atoms with Gasteiger partial charge in [0.1, 0.15) is 5.82 Å². The Morgan fingerprint density at radius 1 is 1.45 bits per heavy atom. The minimum Gasteiger partial charge on any atom is -0.463 e. The van der Waals surface area contributed by atoms with E-state index in [1.807, 2.05) is 19.9 Å². The highest BCUT2D eigenvalue weighted by atomic mass is 16.5. The molecule has 0 radical (unpaired) electrons. The van der Waals surface area contributed by atoms with Crippen LogP contribution in [0, 0.1) is 12.8 Å². The van der Waals surface area contributed by atoms with Crippen LogP contribution in [0.1, 0.15) is 36.1 Å². The number of aromatic nitrogens is 2. The first kappa shape index (κ1) is 14.7. The largest absolute Gasteiger partial charge is 0.463 e. The molecular formula is C14H21N3O3. The zero-order valence-corrected chi connectivity index (χ0v) is 12.2. The number of rotatable bonds is 3. The summed E-state index contributed by atoms with van der Waals surface area (Å²) in [6.07, 6.45) is 1.58. The van der Waals surface area contributed by atoms with Crippen molar-refractivity contribution in [2.75, 3.05) is 25.1 Å². The van der Waals surface area contributed by atoms with Gasteiger partial charge in [-0.05, 0) is 32.6 Å². The predicted molar refractivity (Wildman–Crippen MR) is 74.7 cm³/mol. The molecular weight excluding hydrogens is 258 g/mol. The number of anilines is 1. The van der Waals surface area contributed by atoms with Crippen LogP contribution < -0.4 is 4.90 Å². The van der Waals surface area contributed by atoms with Crippen molar-refractivity contribution in [2.24, 2.45) is 5.92 Å². The summed E-state index contributed by atoms with van der Waals surface area (Å²) in [6.45, 7) is 5.32. The highest BCUT2D eigenvalue weighted by molar-refractivity contribution is 5.85. The molecule has 2 heterocycles. The summed E-state index contributed by atoms with van der Waals surface area (Å²) in [6, 6.07) is 1.87. The summed E-state index contributed by atoms with van der Waals surface area (Å²) in [7, 11) is 1.32. The van der Waals surface area contributed by atoms with Gasteiger partial charge in [0.25, 0.3) is 0 Å². The number of ether oxygens (including phenoxy) is 1. The van der Waals surface area contributed by atoms with Gasteiger partial charge in [-0.2, -0.15) is 0 Å². The maximum absolute atomic E-state index is 11.5. The van der Waals surface area contributed by atoms with Crippen LogP contribution >= 0.6 is 0 Å². The van der Waals surface area contributed by atoms with Crippen LogP contribution in [-0.2, 0) is 4.74 Å². The molecule has 2 rings (SSSR count). The highest BCUT2D eigenvalue weighted by Gasteiger charge is 2.24. The minimum absolute atomic E-state index is 0.0974. The number of nitrogens with zero attached hydrogens (tertiary/aromatic N) is 3. The van der Waals surface area contributed by atoms with Crippen molar-refractivity contribution in [1.29, 1.82) is 0 Å². The van der Waals surface area contributed by atoms with E-state index in [1.54, 1.807) is 0 Å². The second kappa shape index (κ2) is 6.17. The van der Waals surface area contributed by atoms with Crippen molar-refractivity contribution in [2.45, 2.75) is 32.8 Å². The van der Waals surface area contributed by atoms with E-state index in [0.717, 1.165) is 37.4 Å². The standard InChI is InChI=1S/C14H21N3O3/c1-9-8-12(16-13(15-9)14(19)20-3)17-6-4-11(5-7-17)10(2)18/h8,10-11,18H,4-7H2,1-3H3. The van der Waals surface area contributed by atoms with Crippen molar-refractivity contribution in [3.63, 3.8) is 0 Å². The van der Waals surface area contributed by atoms with Crippen molar-refractivity contribution in [3.05, 3.63) is 17.6 Å². The van der Waals surface area contributed by atoms with Gasteiger partial charge in [-0.1, -0.05) is 0 Å². The van der Waals surface area contributed by atoms with Crippen LogP contribution in [0.5, 0.6) is 0 Å². The Morgan fingerprint density at radius 2 is 2.10 bits per heavy atom. The zero-order chi connectivity index (χ0) is 14.7. The lowest BCUT2D eigenvalue weighted by atomic mass is 9.92. The number of methoxy groups -OCH3 is 1. The molecule has 0 amide bonds. The lowest BCUT2D eigenvalue weighted by molar-refractivity contribution is 0.0586. The fourth-order valence-corrected chi connectivity index (χ4v) is 2.51. The summed E-state index contributed by atoms with van der Waals surface area (Å²) >= 11 is 0. The topological polar surface area (TPSA) is 75.5 Å². The number of aryl methyl sites for hydroxylation is 1. The zero-order valence-electron chi connectivity index (χ0n) is 12.2. The molecule has 6 nitrogen and oxygen atoms in total. The molecule has 0 bridgehead atoms. The fourth-order valence-electron chi connectivity index (χ4n) is 2.51. The van der Waals surface area contributed by atoms with E-state index in [1.165, 1.54) is 7.11 Å². The quantitative estimate of drug-likeness (QED) is 0.837. The molecule has 1 fully saturated rings. The van der Waals surface area contributed by atoms with Crippen LogP contribution in [0.3, 0.4) is 0 Å². The van der Waals surface area contributed by atoms with Gasteiger partial charge in [0.05, 0.1) is 13.2 Å². The van der Waals surface area contributed by atoms with Crippen molar-refractivity contribution in [1.82, 2.24) is 9.97 Å². The number of piperidine rings is 1. The van der Waals surface area contributed by atoms with Gasteiger partial charge in [-0.3, -0.25) is 0 Å². The molecule has 1 unspecified atom stereocenters. The molecule has 0 aliphatic carbocycles. The lowest BCUT2D eigenvalue weighted by Gasteiger charge is -2.34. The number of carbonyl (C=O) groups excluding carboxylic acids is 1. The Kier molecular flexibility index (Phi) is 4.54. The van der Waals surface area contributed by atoms with Gasteiger partial charge in [0, 0.05) is 24.8 Å². The molecule has 1 saturated heterocycles. The number of aliphatic hydroxyl groups excluding tert-OH is 1. The van der Waals surface area contributed by atoms with Gasteiger partial charge in [0.15, 0.2) is 0 Å². The van der Waals surface area contributed by atoms with Gasteiger partial charge < -0.3 is 14.7 Å². The Balaban J connectivity index is 2.13. The van der Waals surface area contributed by atoms with E-state index in [9.17, 15) is 9.90 Å². The first-order chi connectivity index (χ1) is 9.51. The molecule has 0 saturated carbocycles. The maximum atomic E-state index is 11.5. The number of hydrogen-bond donors (Lipinski definition) is 1. The molecule has 20 heavy (non-hydrogen) atoms. The monoisotopic (exact) mass is 279 g/mol. The summed E-state index contributed by atoms with van der Waals surface area (Å²) in [5.41, 5.74) is 0.744. The van der Waals surface area contributed by atoms with E-state index in [-0.39, 0.29) is 11.9 Å². The maximum Gasteiger partial charge on any atom is 0.376 e. The van der Waals surface area contributed by atoms with E-state index in [2.05, 4.69) is 19.6 Å². The van der Waals surface area contributed by atoms with E-state index in [0.29, 0.717) is 5.92 Å². The van der Waals surface area contributed by atoms with Crippen LogP contribution in [0.15, 0.2) is 6.07 Å². The number of esters is 1. The third kappa shape index (κ3) is 3.25. The SMILES string of the molecule is COC(=O)c1nc(C)cc(N2CCC(C(C)O)CC2)n1. The average Bonchev–Trinajstić information content (AvgIpc) is 2.45. The van der Waals surface area contributed by atoms with Crippen LogP contribution in [0.25, 0.3) is 0 Å². The first-order valence-corrected chi connectivity index (χ1v) is 6.88. The van der Waals surface area contributed by atoms with Crippen LogP contribution in [0.2, 0.25) is 0 Å². The number of carbonyl (C=O) groups is 1. The second-order valence-corrected chi connectivity index (χ2v) is 5.25. The molecule has 1 atom stereocenters. The fraction of sp³-hybridized carbons (Fsp3) is 0.643. The van der Waals surface area contributed by atoms with Gasteiger partial charge >= 0.3 is 5.97 Å². The van der Waals surface area contributed by atoms with Gasteiger partial charge in [-0.15, -0.1) is 0 Å². The average molecular weight is 279 g/mol. The van der Waals surface area contributed by atoms with E-state index < -0.39 is 5.97 Å². The molecule has 0 spiro atoms. The van der Waals surface area contributed by atoms with Crippen molar-refractivity contribution >= 4 is 11.8 Å². The molecule has 6 heteroatoms. The summed E-state index contributed by atoms with van der Waals surface area (Å²) in [4.78, 5) is 22.0. The first-order valence-electron chi connectivity index (χ1n) is 6.88. The molecule has 1 aromatic rings. The Morgan fingerprint density at radius 3 is 2.65 bits per heavy atom. The summed E-state index contributed by atoms with van der Waals surface area (Å²) in [5.74, 6) is 0.671. The minimum atomic E-state index is -0.520. The molecule has 0 aromatic carbocycles. The van der Waals surface area contributed by atoms with Crippen LogP contribution in [0.4, 0.5) is 5.82 Å². The smallest absolute Gasteiger partial charge is 0.376 e. The van der Waals surface area contributed by atoms with Crippen LogP contribution in [-0.4, -0.2) is 47.3 Å². The van der Waals surface area contributed by atoms with Crippen molar-refractivity contribution < 1.29 is 14.6 Å². The third-order valence-electron chi connectivity index (χ3n) is 3.75. The van der Waals surface area contributed by atoms with Crippen molar-refractivity contribution in [3.8, 4) is 0 Å². The van der Waals surface area contributed by atoms with E-state index in [4.69, 9.17) is 0 Å². The second-order valence-electron chi connectivity index (χ2n) is 5.25. The van der Waals surface area contributed by atoms with Gasteiger partial charge in [-0.25, -0.2) is 14.8 Å². The molecule has 1 aliphatic heterocycles. The Hall–Kier alpha value is -1.69. The highest BCUT2D eigenvalue weighted by Crippen LogP contribution is 2.24. The lowest BCUT2D eigenvalue weighted by Crippen LogP contribution is -2.37. The van der Waals surface area contributed by atoms with Gasteiger partial charge in [0.2, 0.25) is 5.82 Å². The Bertz CT molecular complexity index is 483. The normalized spacial score (nSPS) is 17.9. The molecule has 1 N–H and O–H groups in total. The molecule has 1 aromatic heterocycles. The number of hydrogen-bond acceptors (Lipinski definition) is 6.